The largest absolute Gasteiger partial charge is 0.390 e. The van der Waals surface area contributed by atoms with Crippen LogP contribution in [0, 0.1) is 0 Å². The lowest BCUT2D eigenvalue weighted by atomic mass is 10.1. The smallest absolute Gasteiger partial charge is 0.0977 e. The highest BCUT2D eigenvalue weighted by Crippen LogP contribution is 1.97. The lowest BCUT2D eigenvalue weighted by Crippen LogP contribution is -2.21. The van der Waals surface area contributed by atoms with Crippen LogP contribution in [0.4, 0.5) is 0 Å². The predicted octanol–water partition coefficient (Wildman–Crippen LogP) is 0.304. The van der Waals surface area contributed by atoms with Gasteiger partial charge in [-0.1, -0.05) is 13.0 Å². The van der Waals surface area contributed by atoms with E-state index >= 15 is 0 Å². The second-order valence-corrected chi connectivity index (χ2v) is 1.70. The molecule has 0 aliphatic carbocycles. The Balaban J connectivity index is 3.44. The molecular formula is C6H12O2. The van der Waals surface area contributed by atoms with Gasteiger partial charge in [0.05, 0.1) is 12.2 Å². The van der Waals surface area contributed by atoms with Crippen LogP contribution >= 0.6 is 0 Å². The number of aliphatic hydroxyl groups excluding tert-OH is 2. The minimum absolute atomic E-state index is 0.563. The minimum Gasteiger partial charge on any atom is -0.390 e. The molecule has 2 nitrogen and oxygen atoms in total. The molecule has 2 heteroatoms. The van der Waals surface area contributed by atoms with E-state index in [9.17, 15) is 0 Å². The molecule has 2 N–H and O–H groups in total. The number of rotatable bonds is 3. The van der Waals surface area contributed by atoms with E-state index in [2.05, 4.69) is 6.58 Å². The van der Waals surface area contributed by atoms with Gasteiger partial charge in [-0.25, -0.2) is 0 Å². The summed E-state index contributed by atoms with van der Waals surface area (Å²) < 4.78 is 0. The second kappa shape index (κ2) is 3.64. The molecule has 0 radical (unpaired) electrons. The lowest BCUT2D eigenvalue weighted by Gasteiger charge is -2.09. The van der Waals surface area contributed by atoms with E-state index in [1.807, 2.05) is 0 Å². The Morgan fingerprint density at radius 1 is 1.62 bits per heavy atom. The first-order chi connectivity index (χ1) is 3.72. The first-order valence-corrected chi connectivity index (χ1v) is 2.71. The molecule has 0 fully saturated rings. The van der Waals surface area contributed by atoms with Crippen molar-refractivity contribution in [2.24, 2.45) is 0 Å². The molecule has 0 saturated carbocycles. The van der Waals surface area contributed by atoms with E-state index in [1.165, 1.54) is 6.08 Å². The summed E-state index contributed by atoms with van der Waals surface area (Å²) in [5.41, 5.74) is 0. The summed E-state index contributed by atoms with van der Waals surface area (Å²) in [7, 11) is 0. The lowest BCUT2D eigenvalue weighted by molar-refractivity contribution is 0.0468. The van der Waals surface area contributed by atoms with E-state index in [4.69, 9.17) is 10.2 Å². The molecule has 0 rings (SSSR count). The van der Waals surface area contributed by atoms with Crippen molar-refractivity contribution in [1.29, 1.82) is 0 Å². The highest BCUT2D eigenvalue weighted by atomic mass is 16.3. The molecule has 0 aliphatic heterocycles. The van der Waals surface area contributed by atoms with E-state index in [0.29, 0.717) is 6.42 Å². The van der Waals surface area contributed by atoms with Crippen LogP contribution < -0.4 is 0 Å². The van der Waals surface area contributed by atoms with E-state index in [1.54, 1.807) is 6.92 Å². The maximum atomic E-state index is 8.81. The second-order valence-electron chi connectivity index (χ2n) is 1.70. The molecule has 0 spiro atoms. The molecule has 0 aliphatic rings. The van der Waals surface area contributed by atoms with Crippen molar-refractivity contribution in [3.8, 4) is 0 Å². The molecule has 0 saturated heterocycles. The SMILES string of the molecule is C=C[C@H](O)[C@H](O)CC. The average Bonchev–Trinajstić information content (AvgIpc) is 1.84. The fraction of sp³-hybridized carbons (Fsp3) is 0.667. The summed E-state index contributed by atoms with van der Waals surface area (Å²) in [4.78, 5) is 0. The zero-order chi connectivity index (χ0) is 6.57. The molecule has 8 heavy (non-hydrogen) atoms. The monoisotopic (exact) mass is 116 g/mol. The summed E-state index contributed by atoms with van der Waals surface area (Å²) in [6.07, 6.45) is 0.481. The maximum absolute atomic E-state index is 8.81. The molecule has 0 unspecified atom stereocenters. The van der Waals surface area contributed by atoms with Gasteiger partial charge in [0.1, 0.15) is 0 Å². The van der Waals surface area contributed by atoms with Crippen molar-refractivity contribution >= 4 is 0 Å². The molecule has 0 heterocycles. The van der Waals surface area contributed by atoms with Gasteiger partial charge in [0.25, 0.3) is 0 Å². The summed E-state index contributed by atoms with van der Waals surface area (Å²) in [6, 6.07) is 0. The Bertz CT molecular complexity index is 70.9. The van der Waals surface area contributed by atoms with Crippen molar-refractivity contribution in [2.75, 3.05) is 0 Å². The highest BCUT2D eigenvalue weighted by Gasteiger charge is 2.07. The third-order valence-corrected chi connectivity index (χ3v) is 1.05. The van der Waals surface area contributed by atoms with Gasteiger partial charge >= 0.3 is 0 Å². The summed E-state index contributed by atoms with van der Waals surface area (Å²) in [6.45, 7) is 5.12. The fourth-order valence-corrected chi connectivity index (χ4v) is 0.399. The summed E-state index contributed by atoms with van der Waals surface area (Å²) in [5, 5.41) is 17.6. The van der Waals surface area contributed by atoms with Crippen molar-refractivity contribution in [2.45, 2.75) is 25.6 Å². The maximum Gasteiger partial charge on any atom is 0.0977 e. The number of hydrogen-bond donors (Lipinski definition) is 2. The van der Waals surface area contributed by atoms with Gasteiger partial charge in [-0.15, -0.1) is 6.58 Å². The standard InChI is InChI=1S/C6H12O2/c1-3-5(7)6(8)4-2/h3,5-8H,1,4H2,2H3/t5-,6+/m0/s1. The van der Waals surface area contributed by atoms with Gasteiger partial charge < -0.3 is 10.2 Å². The van der Waals surface area contributed by atoms with Crippen LogP contribution in [-0.2, 0) is 0 Å². The number of aliphatic hydroxyl groups is 2. The van der Waals surface area contributed by atoms with Crippen LogP contribution in [0.15, 0.2) is 12.7 Å². The molecular weight excluding hydrogens is 104 g/mol. The zero-order valence-corrected chi connectivity index (χ0v) is 5.04. The van der Waals surface area contributed by atoms with Crippen molar-refractivity contribution in [1.82, 2.24) is 0 Å². The molecule has 0 aromatic heterocycles. The van der Waals surface area contributed by atoms with Gasteiger partial charge in [0.15, 0.2) is 0 Å². The van der Waals surface area contributed by atoms with E-state index in [0.717, 1.165) is 0 Å². The third-order valence-electron chi connectivity index (χ3n) is 1.05. The topological polar surface area (TPSA) is 40.5 Å². The van der Waals surface area contributed by atoms with Crippen molar-refractivity contribution in [3.63, 3.8) is 0 Å². The Labute approximate surface area is 49.5 Å². The quantitative estimate of drug-likeness (QED) is 0.521. The Morgan fingerprint density at radius 2 is 2.12 bits per heavy atom. The fourth-order valence-electron chi connectivity index (χ4n) is 0.399. The van der Waals surface area contributed by atoms with E-state index < -0.39 is 12.2 Å². The van der Waals surface area contributed by atoms with Crippen LogP contribution in [0.25, 0.3) is 0 Å². The van der Waals surface area contributed by atoms with Gasteiger partial charge in [0, 0.05) is 0 Å². The first-order valence-electron chi connectivity index (χ1n) is 2.71. The average molecular weight is 116 g/mol. The van der Waals surface area contributed by atoms with Crippen LogP contribution in [0.3, 0.4) is 0 Å². The molecule has 48 valence electrons. The zero-order valence-electron chi connectivity index (χ0n) is 5.04. The highest BCUT2D eigenvalue weighted by molar-refractivity contribution is 4.83. The van der Waals surface area contributed by atoms with Crippen LogP contribution in [0.2, 0.25) is 0 Å². The van der Waals surface area contributed by atoms with Gasteiger partial charge in [0.2, 0.25) is 0 Å². The minimum atomic E-state index is -0.764. The Kier molecular flexibility index (Phi) is 3.48. The summed E-state index contributed by atoms with van der Waals surface area (Å²) in [5.74, 6) is 0. The van der Waals surface area contributed by atoms with Crippen LogP contribution in [0.1, 0.15) is 13.3 Å². The first kappa shape index (κ1) is 7.66. The van der Waals surface area contributed by atoms with Gasteiger partial charge in [-0.2, -0.15) is 0 Å². The predicted molar refractivity (Wildman–Crippen MR) is 32.5 cm³/mol. The van der Waals surface area contributed by atoms with E-state index in [-0.39, 0.29) is 0 Å². The van der Waals surface area contributed by atoms with Gasteiger partial charge in [-0.05, 0) is 6.42 Å². The summed E-state index contributed by atoms with van der Waals surface area (Å²) >= 11 is 0. The molecule has 2 atom stereocenters. The Morgan fingerprint density at radius 3 is 2.25 bits per heavy atom. The van der Waals surface area contributed by atoms with Gasteiger partial charge in [-0.3, -0.25) is 0 Å². The number of hydrogen-bond acceptors (Lipinski definition) is 2. The Hall–Kier alpha value is -0.340. The third kappa shape index (κ3) is 2.09. The van der Waals surface area contributed by atoms with Crippen LogP contribution in [0.5, 0.6) is 0 Å². The van der Waals surface area contributed by atoms with Crippen molar-refractivity contribution < 1.29 is 10.2 Å². The van der Waals surface area contributed by atoms with Crippen molar-refractivity contribution in [3.05, 3.63) is 12.7 Å². The molecule has 0 aromatic carbocycles. The van der Waals surface area contributed by atoms with Crippen LogP contribution in [-0.4, -0.2) is 22.4 Å². The molecule has 0 amide bonds. The molecule has 0 bridgehead atoms. The normalized spacial score (nSPS) is 17.4. The molecule has 0 aromatic rings.